The van der Waals surface area contributed by atoms with E-state index in [4.69, 9.17) is 11.6 Å². The van der Waals surface area contributed by atoms with Gasteiger partial charge in [0.15, 0.2) is 0 Å². The lowest BCUT2D eigenvalue weighted by molar-refractivity contribution is 0.102. The van der Waals surface area contributed by atoms with Crippen molar-refractivity contribution in [2.75, 3.05) is 5.32 Å². The number of hydrogen-bond acceptors (Lipinski definition) is 2. The van der Waals surface area contributed by atoms with Crippen LogP contribution in [0, 0.1) is 5.82 Å². The summed E-state index contributed by atoms with van der Waals surface area (Å²) in [5, 5.41) is 7.82. The Balaban J connectivity index is 2.02. The number of nitrogens with one attached hydrogen (secondary N) is 1. The molecule has 1 aromatic heterocycles. The zero-order valence-electron chi connectivity index (χ0n) is 14.8. The lowest BCUT2D eigenvalue weighted by Gasteiger charge is -2.14. The van der Waals surface area contributed by atoms with Crippen molar-refractivity contribution in [2.45, 2.75) is 26.2 Å². The van der Waals surface area contributed by atoms with Crippen molar-refractivity contribution >= 4 is 23.3 Å². The van der Waals surface area contributed by atoms with Crippen molar-refractivity contribution in [1.82, 2.24) is 9.78 Å². The van der Waals surface area contributed by atoms with Gasteiger partial charge in [0.25, 0.3) is 5.91 Å². The van der Waals surface area contributed by atoms with Gasteiger partial charge in [0.2, 0.25) is 0 Å². The van der Waals surface area contributed by atoms with Gasteiger partial charge in [0.1, 0.15) is 11.6 Å². The molecule has 0 aliphatic heterocycles. The summed E-state index contributed by atoms with van der Waals surface area (Å²) in [7, 11) is 0. The van der Waals surface area contributed by atoms with E-state index in [1.165, 1.54) is 12.1 Å². The minimum Gasteiger partial charge on any atom is -0.306 e. The normalized spacial score (nSPS) is 11.4. The molecule has 0 radical (unpaired) electrons. The number of aromatic nitrogens is 2. The summed E-state index contributed by atoms with van der Waals surface area (Å²) >= 11 is 6.11. The van der Waals surface area contributed by atoms with E-state index in [-0.39, 0.29) is 17.1 Å². The molecular formula is C20H19ClFN3O. The van der Waals surface area contributed by atoms with Gasteiger partial charge in [0, 0.05) is 11.5 Å². The van der Waals surface area contributed by atoms with Gasteiger partial charge in [-0.3, -0.25) is 4.79 Å². The number of amides is 1. The van der Waals surface area contributed by atoms with E-state index < -0.39 is 0 Å². The number of anilines is 1. The average molecular weight is 372 g/mol. The number of rotatable bonds is 3. The number of carbonyl (C=O) groups excluding carboxylic acids is 1. The molecule has 3 rings (SSSR count). The first kappa shape index (κ1) is 18.1. The van der Waals surface area contributed by atoms with E-state index in [9.17, 15) is 9.18 Å². The van der Waals surface area contributed by atoms with Crippen molar-refractivity contribution in [3.05, 3.63) is 76.7 Å². The topological polar surface area (TPSA) is 46.9 Å². The van der Waals surface area contributed by atoms with E-state index in [2.05, 4.69) is 10.4 Å². The molecule has 0 atom stereocenters. The fourth-order valence-electron chi connectivity index (χ4n) is 2.44. The molecule has 0 saturated carbocycles. The second-order valence-electron chi connectivity index (χ2n) is 6.99. The van der Waals surface area contributed by atoms with Crippen molar-refractivity contribution < 1.29 is 9.18 Å². The van der Waals surface area contributed by atoms with Crippen LogP contribution >= 0.6 is 11.6 Å². The third-order valence-electron chi connectivity index (χ3n) is 3.91. The zero-order chi connectivity index (χ0) is 18.9. The molecular weight excluding hydrogens is 353 g/mol. The van der Waals surface area contributed by atoms with Crippen LogP contribution in [-0.4, -0.2) is 15.7 Å². The number of halogens is 2. The molecule has 2 aromatic carbocycles. The summed E-state index contributed by atoms with van der Waals surface area (Å²) < 4.78 is 14.9. The van der Waals surface area contributed by atoms with Crippen LogP contribution < -0.4 is 5.32 Å². The molecule has 1 N–H and O–H groups in total. The largest absolute Gasteiger partial charge is 0.306 e. The van der Waals surface area contributed by atoms with Gasteiger partial charge >= 0.3 is 0 Å². The third kappa shape index (κ3) is 3.78. The summed E-state index contributed by atoms with van der Waals surface area (Å²) in [4.78, 5) is 12.6. The van der Waals surface area contributed by atoms with Gasteiger partial charge in [-0.25, -0.2) is 9.07 Å². The standard InChI is InChI=1S/C20H19ClFN3O/c1-20(2,3)17-12-18(23-19(26)15-6-4-5-7-16(15)21)25(24-17)14-10-8-13(22)9-11-14/h4-12H,1-3H3,(H,23,26). The molecule has 0 spiro atoms. The Kier molecular flexibility index (Phi) is 4.83. The summed E-state index contributed by atoms with van der Waals surface area (Å²) in [5.41, 5.74) is 1.61. The number of benzene rings is 2. The van der Waals surface area contributed by atoms with Gasteiger partial charge in [-0.2, -0.15) is 5.10 Å². The van der Waals surface area contributed by atoms with Gasteiger partial charge in [-0.15, -0.1) is 0 Å². The quantitative estimate of drug-likeness (QED) is 0.686. The molecule has 0 saturated heterocycles. The predicted octanol–water partition coefficient (Wildman–Crippen LogP) is 5.21. The summed E-state index contributed by atoms with van der Waals surface area (Å²) in [6, 6.07) is 14.6. The molecule has 1 amide bonds. The van der Waals surface area contributed by atoms with Gasteiger partial charge in [0.05, 0.1) is 22.0 Å². The first-order valence-corrected chi connectivity index (χ1v) is 8.56. The van der Waals surface area contributed by atoms with Crippen molar-refractivity contribution in [2.24, 2.45) is 0 Å². The number of hydrogen-bond donors (Lipinski definition) is 1. The van der Waals surface area contributed by atoms with Crippen molar-refractivity contribution in [1.29, 1.82) is 0 Å². The number of carbonyl (C=O) groups is 1. The highest BCUT2D eigenvalue weighted by atomic mass is 35.5. The van der Waals surface area contributed by atoms with Crippen molar-refractivity contribution in [3.8, 4) is 5.69 Å². The molecule has 0 fully saturated rings. The highest BCUT2D eigenvalue weighted by molar-refractivity contribution is 6.34. The molecule has 6 heteroatoms. The van der Waals surface area contributed by atoms with E-state index in [1.807, 2.05) is 26.8 Å². The predicted molar refractivity (Wildman–Crippen MR) is 102 cm³/mol. The first-order valence-electron chi connectivity index (χ1n) is 8.18. The molecule has 0 aliphatic carbocycles. The van der Waals surface area contributed by atoms with Crippen molar-refractivity contribution in [3.63, 3.8) is 0 Å². The summed E-state index contributed by atoms with van der Waals surface area (Å²) in [6.07, 6.45) is 0. The summed E-state index contributed by atoms with van der Waals surface area (Å²) in [5.74, 6) is -0.177. The Morgan fingerprint density at radius 2 is 1.77 bits per heavy atom. The fourth-order valence-corrected chi connectivity index (χ4v) is 2.67. The van der Waals surface area contributed by atoms with Crippen LogP contribution in [0.15, 0.2) is 54.6 Å². The van der Waals surface area contributed by atoms with E-state index in [1.54, 1.807) is 41.1 Å². The molecule has 0 aliphatic rings. The maximum atomic E-state index is 13.3. The molecule has 1 heterocycles. The second kappa shape index (κ2) is 6.92. The Labute approximate surface area is 156 Å². The number of nitrogens with zero attached hydrogens (tertiary/aromatic N) is 2. The highest BCUT2D eigenvalue weighted by Gasteiger charge is 2.22. The smallest absolute Gasteiger partial charge is 0.258 e. The van der Waals surface area contributed by atoms with E-state index >= 15 is 0 Å². The second-order valence-corrected chi connectivity index (χ2v) is 7.39. The van der Waals surface area contributed by atoms with E-state index in [0.29, 0.717) is 22.1 Å². The monoisotopic (exact) mass is 371 g/mol. The highest BCUT2D eigenvalue weighted by Crippen LogP contribution is 2.27. The minimum absolute atomic E-state index is 0.213. The van der Waals surface area contributed by atoms with Crippen LogP contribution in [0.5, 0.6) is 0 Å². The first-order chi connectivity index (χ1) is 12.3. The van der Waals surface area contributed by atoms with Crippen LogP contribution in [0.4, 0.5) is 10.2 Å². The molecule has 4 nitrogen and oxygen atoms in total. The fraction of sp³-hybridized carbons (Fsp3) is 0.200. The third-order valence-corrected chi connectivity index (χ3v) is 4.24. The molecule has 0 unspecified atom stereocenters. The summed E-state index contributed by atoms with van der Waals surface area (Å²) in [6.45, 7) is 6.10. The SMILES string of the molecule is CC(C)(C)c1cc(NC(=O)c2ccccc2Cl)n(-c2ccc(F)cc2)n1. The van der Waals surface area contributed by atoms with Gasteiger partial charge in [-0.05, 0) is 36.4 Å². The maximum absolute atomic E-state index is 13.3. The molecule has 26 heavy (non-hydrogen) atoms. The van der Waals surface area contributed by atoms with E-state index in [0.717, 1.165) is 5.69 Å². The minimum atomic E-state index is -0.335. The average Bonchev–Trinajstić information content (AvgIpc) is 3.00. The molecule has 134 valence electrons. The molecule has 0 bridgehead atoms. The lowest BCUT2D eigenvalue weighted by atomic mass is 9.92. The Hall–Kier alpha value is -2.66. The van der Waals surface area contributed by atoms with Crippen LogP contribution in [0.2, 0.25) is 5.02 Å². The Morgan fingerprint density at radius 3 is 2.38 bits per heavy atom. The Morgan fingerprint density at radius 1 is 1.12 bits per heavy atom. The lowest BCUT2D eigenvalue weighted by Crippen LogP contribution is -2.15. The van der Waals surface area contributed by atoms with Crippen LogP contribution in [0.3, 0.4) is 0 Å². The maximum Gasteiger partial charge on any atom is 0.258 e. The van der Waals surface area contributed by atoms with Crippen LogP contribution in [0.25, 0.3) is 5.69 Å². The van der Waals surface area contributed by atoms with Crippen LogP contribution in [-0.2, 0) is 5.41 Å². The van der Waals surface area contributed by atoms with Gasteiger partial charge in [-0.1, -0.05) is 44.5 Å². The molecule has 3 aromatic rings. The Bertz CT molecular complexity index is 942. The zero-order valence-corrected chi connectivity index (χ0v) is 15.5. The van der Waals surface area contributed by atoms with Gasteiger partial charge < -0.3 is 5.32 Å². The van der Waals surface area contributed by atoms with Crippen LogP contribution in [0.1, 0.15) is 36.8 Å².